The molecule has 0 aliphatic carbocycles. The van der Waals surface area contributed by atoms with Crippen molar-refractivity contribution in [3.05, 3.63) is 65.5 Å². The van der Waals surface area contributed by atoms with Gasteiger partial charge in [-0.05, 0) is 36.1 Å². The van der Waals surface area contributed by atoms with Crippen LogP contribution in [-0.4, -0.2) is 13.0 Å². The van der Waals surface area contributed by atoms with Gasteiger partial charge in [0.2, 0.25) is 0 Å². The first-order chi connectivity index (χ1) is 11.0. The standard InChI is InChI=1S/C19H22FNO2/c1-13(2)11-17(14-7-5-4-6-8-14)21-19(22)15-9-10-18(23-3)16(20)12-15/h4-10,12-13,17H,11H2,1-3H3,(H,21,22). The topological polar surface area (TPSA) is 38.3 Å². The van der Waals surface area contributed by atoms with Crippen molar-refractivity contribution in [1.29, 1.82) is 0 Å². The molecule has 0 spiro atoms. The van der Waals surface area contributed by atoms with Crippen molar-refractivity contribution in [3.8, 4) is 5.75 Å². The number of hydrogen-bond acceptors (Lipinski definition) is 2. The number of methoxy groups -OCH3 is 1. The van der Waals surface area contributed by atoms with Crippen LogP contribution in [0.1, 0.15) is 42.2 Å². The van der Waals surface area contributed by atoms with Crippen molar-refractivity contribution in [2.45, 2.75) is 26.3 Å². The Morgan fingerprint density at radius 2 is 1.87 bits per heavy atom. The third-order valence-corrected chi connectivity index (χ3v) is 3.63. The molecule has 2 rings (SSSR count). The van der Waals surface area contributed by atoms with Crippen molar-refractivity contribution in [3.63, 3.8) is 0 Å². The molecule has 0 aliphatic heterocycles. The van der Waals surface area contributed by atoms with Gasteiger partial charge in [0.25, 0.3) is 5.91 Å². The molecular weight excluding hydrogens is 293 g/mol. The zero-order valence-electron chi connectivity index (χ0n) is 13.7. The number of ether oxygens (including phenoxy) is 1. The van der Waals surface area contributed by atoms with Gasteiger partial charge in [-0.3, -0.25) is 4.79 Å². The van der Waals surface area contributed by atoms with Crippen molar-refractivity contribution >= 4 is 5.91 Å². The first kappa shape index (κ1) is 17.0. The molecule has 0 bridgehead atoms. The molecule has 2 aromatic carbocycles. The molecule has 0 fully saturated rings. The van der Waals surface area contributed by atoms with E-state index in [9.17, 15) is 9.18 Å². The van der Waals surface area contributed by atoms with Crippen LogP contribution >= 0.6 is 0 Å². The highest BCUT2D eigenvalue weighted by Crippen LogP contribution is 2.23. The van der Waals surface area contributed by atoms with Crippen molar-refractivity contribution < 1.29 is 13.9 Å². The van der Waals surface area contributed by atoms with Gasteiger partial charge in [-0.15, -0.1) is 0 Å². The monoisotopic (exact) mass is 315 g/mol. The molecule has 2 aromatic rings. The van der Waals surface area contributed by atoms with E-state index in [-0.39, 0.29) is 23.3 Å². The van der Waals surface area contributed by atoms with Crippen LogP contribution in [0.2, 0.25) is 0 Å². The van der Waals surface area contributed by atoms with Crippen LogP contribution in [0.25, 0.3) is 0 Å². The van der Waals surface area contributed by atoms with Gasteiger partial charge in [0.05, 0.1) is 13.2 Å². The lowest BCUT2D eigenvalue weighted by atomic mass is 9.96. The van der Waals surface area contributed by atoms with Crippen LogP contribution < -0.4 is 10.1 Å². The van der Waals surface area contributed by atoms with Gasteiger partial charge in [-0.1, -0.05) is 44.2 Å². The summed E-state index contributed by atoms with van der Waals surface area (Å²) in [6.45, 7) is 4.21. The summed E-state index contributed by atoms with van der Waals surface area (Å²) in [6.07, 6.45) is 0.814. The van der Waals surface area contributed by atoms with E-state index in [1.165, 1.54) is 19.2 Å². The minimum atomic E-state index is -0.541. The predicted octanol–water partition coefficient (Wildman–Crippen LogP) is 4.35. The van der Waals surface area contributed by atoms with Crippen LogP contribution in [0.3, 0.4) is 0 Å². The highest BCUT2D eigenvalue weighted by molar-refractivity contribution is 5.94. The van der Waals surface area contributed by atoms with E-state index in [0.29, 0.717) is 5.92 Å². The average molecular weight is 315 g/mol. The molecule has 0 radical (unpaired) electrons. The summed E-state index contributed by atoms with van der Waals surface area (Å²) in [5.41, 5.74) is 1.33. The number of benzene rings is 2. The lowest BCUT2D eigenvalue weighted by molar-refractivity contribution is 0.0931. The Balaban J connectivity index is 2.19. The van der Waals surface area contributed by atoms with Crippen molar-refractivity contribution in [2.75, 3.05) is 7.11 Å². The number of rotatable bonds is 6. The van der Waals surface area contributed by atoms with Gasteiger partial charge >= 0.3 is 0 Å². The molecule has 0 heterocycles. The van der Waals surface area contributed by atoms with E-state index in [0.717, 1.165) is 12.0 Å². The Morgan fingerprint density at radius 3 is 2.43 bits per heavy atom. The SMILES string of the molecule is COc1ccc(C(=O)NC(CC(C)C)c2ccccc2)cc1F. The number of nitrogens with one attached hydrogen (secondary N) is 1. The number of hydrogen-bond donors (Lipinski definition) is 1. The molecule has 0 saturated heterocycles. The first-order valence-electron chi connectivity index (χ1n) is 7.70. The molecule has 0 aliphatic rings. The average Bonchev–Trinajstić information content (AvgIpc) is 2.54. The van der Waals surface area contributed by atoms with Gasteiger partial charge in [0, 0.05) is 5.56 Å². The fourth-order valence-corrected chi connectivity index (χ4v) is 2.48. The van der Waals surface area contributed by atoms with E-state index in [1.54, 1.807) is 6.07 Å². The summed E-state index contributed by atoms with van der Waals surface area (Å²) >= 11 is 0. The largest absolute Gasteiger partial charge is 0.494 e. The third kappa shape index (κ3) is 4.55. The highest BCUT2D eigenvalue weighted by Gasteiger charge is 2.18. The Kier molecular flexibility index (Phi) is 5.74. The number of carbonyl (C=O) groups excluding carboxylic acids is 1. The molecule has 0 saturated carbocycles. The van der Waals surface area contributed by atoms with Crippen LogP contribution in [0, 0.1) is 11.7 Å². The van der Waals surface area contributed by atoms with E-state index in [2.05, 4.69) is 19.2 Å². The molecule has 1 unspecified atom stereocenters. The van der Waals surface area contributed by atoms with E-state index in [1.807, 2.05) is 30.3 Å². The quantitative estimate of drug-likeness (QED) is 0.860. The minimum absolute atomic E-state index is 0.103. The van der Waals surface area contributed by atoms with Gasteiger partial charge in [0.1, 0.15) is 0 Å². The molecule has 1 atom stereocenters. The van der Waals surface area contributed by atoms with Gasteiger partial charge in [-0.25, -0.2) is 4.39 Å². The molecule has 23 heavy (non-hydrogen) atoms. The van der Waals surface area contributed by atoms with Gasteiger partial charge in [-0.2, -0.15) is 0 Å². The fraction of sp³-hybridized carbons (Fsp3) is 0.316. The maximum Gasteiger partial charge on any atom is 0.251 e. The maximum absolute atomic E-state index is 13.8. The number of amides is 1. The van der Waals surface area contributed by atoms with Gasteiger partial charge in [0.15, 0.2) is 11.6 Å². The zero-order chi connectivity index (χ0) is 16.8. The second-order valence-corrected chi connectivity index (χ2v) is 5.92. The predicted molar refractivity (Wildman–Crippen MR) is 89.1 cm³/mol. The number of carbonyl (C=O) groups is 1. The maximum atomic E-state index is 13.8. The molecule has 1 amide bonds. The second kappa shape index (κ2) is 7.77. The first-order valence-corrected chi connectivity index (χ1v) is 7.70. The van der Waals surface area contributed by atoms with E-state index >= 15 is 0 Å². The molecule has 1 N–H and O–H groups in total. The molecule has 122 valence electrons. The summed E-state index contributed by atoms with van der Waals surface area (Å²) in [5, 5.41) is 3.00. The molecule has 3 nitrogen and oxygen atoms in total. The van der Waals surface area contributed by atoms with E-state index < -0.39 is 5.82 Å². The normalized spacial score (nSPS) is 12.0. The minimum Gasteiger partial charge on any atom is -0.494 e. The van der Waals surface area contributed by atoms with Gasteiger partial charge < -0.3 is 10.1 Å². The zero-order valence-corrected chi connectivity index (χ0v) is 13.7. The summed E-state index contributed by atoms with van der Waals surface area (Å²) in [4.78, 5) is 12.4. The van der Waals surface area contributed by atoms with Crippen LogP contribution in [0.15, 0.2) is 48.5 Å². The Labute approximate surface area is 136 Å². The smallest absolute Gasteiger partial charge is 0.251 e. The van der Waals surface area contributed by atoms with Crippen LogP contribution in [-0.2, 0) is 0 Å². The summed E-state index contributed by atoms with van der Waals surface area (Å²) in [7, 11) is 1.40. The Bertz CT molecular complexity index is 656. The fourth-order valence-electron chi connectivity index (χ4n) is 2.48. The molecular formula is C19H22FNO2. The van der Waals surface area contributed by atoms with Crippen molar-refractivity contribution in [1.82, 2.24) is 5.32 Å². The summed E-state index contributed by atoms with van der Waals surface area (Å²) in [6, 6.07) is 13.9. The van der Waals surface area contributed by atoms with E-state index in [4.69, 9.17) is 4.74 Å². The summed E-state index contributed by atoms with van der Waals surface area (Å²) < 4.78 is 18.7. The Morgan fingerprint density at radius 1 is 1.17 bits per heavy atom. The Hall–Kier alpha value is -2.36. The summed E-state index contributed by atoms with van der Waals surface area (Å²) in [5.74, 6) is -0.280. The highest BCUT2D eigenvalue weighted by atomic mass is 19.1. The van der Waals surface area contributed by atoms with Crippen LogP contribution in [0.4, 0.5) is 4.39 Å². The lowest BCUT2D eigenvalue weighted by Crippen LogP contribution is -2.29. The van der Waals surface area contributed by atoms with Crippen LogP contribution in [0.5, 0.6) is 5.75 Å². The number of halogens is 1. The third-order valence-electron chi connectivity index (χ3n) is 3.63. The molecule has 4 heteroatoms. The molecule has 0 aromatic heterocycles. The second-order valence-electron chi connectivity index (χ2n) is 5.92. The lowest BCUT2D eigenvalue weighted by Gasteiger charge is -2.21. The van der Waals surface area contributed by atoms with Crippen molar-refractivity contribution in [2.24, 2.45) is 5.92 Å².